The maximum atomic E-state index is 5.29. The number of nitrogens with zero attached hydrogens (tertiary/aromatic N) is 1. The molecule has 0 radical (unpaired) electrons. The molecule has 0 aromatic heterocycles. The van der Waals surface area contributed by atoms with Crippen molar-refractivity contribution in [1.82, 2.24) is 10.2 Å². The molecule has 14 heavy (non-hydrogen) atoms. The Bertz CT molecular complexity index is 169. The number of nitrogens with one attached hydrogen (secondary N) is 1. The SMILES string of the molecule is COCC1CCCN1C1CCNCC1. The van der Waals surface area contributed by atoms with Gasteiger partial charge in [-0.2, -0.15) is 0 Å². The molecule has 1 unspecified atom stereocenters. The van der Waals surface area contributed by atoms with Crippen molar-refractivity contribution >= 4 is 0 Å². The lowest BCUT2D eigenvalue weighted by Crippen LogP contribution is -2.46. The van der Waals surface area contributed by atoms with Crippen LogP contribution < -0.4 is 5.32 Å². The molecule has 3 nitrogen and oxygen atoms in total. The molecule has 0 aromatic carbocycles. The summed E-state index contributed by atoms with van der Waals surface area (Å²) in [5, 5.41) is 3.43. The quantitative estimate of drug-likeness (QED) is 0.727. The minimum Gasteiger partial charge on any atom is -0.383 e. The summed E-state index contributed by atoms with van der Waals surface area (Å²) >= 11 is 0. The molecular weight excluding hydrogens is 176 g/mol. The lowest BCUT2D eigenvalue weighted by molar-refractivity contribution is 0.0775. The van der Waals surface area contributed by atoms with Gasteiger partial charge >= 0.3 is 0 Å². The Kier molecular flexibility index (Phi) is 3.79. The van der Waals surface area contributed by atoms with E-state index < -0.39 is 0 Å². The highest BCUT2D eigenvalue weighted by Crippen LogP contribution is 2.24. The minimum absolute atomic E-state index is 0.697. The van der Waals surface area contributed by atoms with E-state index in [-0.39, 0.29) is 0 Å². The van der Waals surface area contributed by atoms with Crippen molar-refractivity contribution in [1.29, 1.82) is 0 Å². The van der Waals surface area contributed by atoms with E-state index in [2.05, 4.69) is 10.2 Å². The summed E-state index contributed by atoms with van der Waals surface area (Å²) < 4.78 is 5.29. The molecule has 2 saturated heterocycles. The Hall–Kier alpha value is -0.120. The fraction of sp³-hybridized carbons (Fsp3) is 1.00. The van der Waals surface area contributed by atoms with Gasteiger partial charge in [0.05, 0.1) is 6.61 Å². The number of hydrogen-bond donors (Lipinski definition) is 1. The normalized spacial score (nSPS) is 31.1. The zero-order chi connectivity index (χ0) is 9.80. The first-order valence-corrected chi connectivity index (χ1v) is 5.87. The first-order chi connectivity index (χ1) is 6.92. The lowest BCUT2D eigenvalue weighted by Gasteiger charge is -2.35. The number of rotatable bonds is 3. The van der Waals surface area contributed by atoms with Crippen LogP contribution in [0.25, 0.3) is 0 Å². The third kappa shape index (κ3) is 2.27. The van der Waals surface area contributed by atoms with Crippen molar-refractivity contribution in [3.05, 3.63) is 0 Å². The molecule has 0 spiro atoms. The van der Waals surface area contributed by atoms with E-state index in [4.69, 9.17) is 4.74 Å². The Morgan fingerprint density at radius 3 is 2.79 bits per heavy atom. The molecule has 1 atom stereocenters. The highest BCUT2D eigenvalue weighted by Gasteiger charge is 2.30. The molecule has 2 aliphatic heterocycles. The standard InChI is InChI=1S/C11H22N2O/c1-14-9-11-3-2-8-13(11)10-4-6-12-7-5-10/h10-12H,2-9H2,1H3. The smallest absolute Gasteiger partial charge is 0.0618 e. The predicted octanol–water partition coefficient (Wildman–Crippen LogP) is 0.849. The summed E-state index contributed by atoms with van der Waals surface area (Å²) in [5.41, 5.74) is 0. The molecule has 2 aliphatic rings. The van der Waals surface area contributed by atoms with Crippen LogP contribution in [-0.4, -0.2) is 50.3 Å². The number of likely N-dealkylation sites (tertiary alicyclic amines) is 1. The largest absolute Gasteiger partial charge is 0.383 e. The molecule has 1 N–H and O–H groups in total. The van der Waals surface area contributed by atoms with Crippen LogP contribution in [0.15, 0.2) is 0 Å². The van der Waals surface area contributed by atoms with Gasteiger partial charge in [0.2, 0.25) is 0 Å². The summed E-state index contributed by atoms with van der Waals surface area (Å²) in [4.78, 5) is 2.68. The second-order valence-electron chi connectivity index (χ2n) is 4.47. The number of ether oxygens (including phenoxy) is 1. The first-order valence-electron chi connectivity index (χ1n) is 5.87. The maximum absolute atomic E-state index is 5.29. The van der Waals surface area contributed by atoms with Gasteiger partial charge in [-0.15, -0.1) is 0 Å². The highest BCUT2D eigenvalue weighted by molar-refractivity contribution is 4.87. The van der Waals surface area contributed by atoms with Crippen LogP contribution in [0.4, 0.5) is 0 Å². The van der Waals surface area contributed by atoms with E-state index in [9.17, 15) is 0 Å². The van der Waals surface area contributed by atoms with E-state index in [1.807, 2.05) is 7.11 Å². The van der Waals surface area contributed by atoms with Gasteiger partial charge in [0.25, 0.3) is 0 Å². The maximum Gasteiger partial charge on any atom is 0.0618 e. The van der Waals surface area contributed by atoms with Crippen LogP contribution >= 0.6 is 0 Å². The van der Waals surface area contributed by atoms with Gasteiger partial charge < -0.3 is 10.1 Å². The zero-order valence-corrected chi connectivity index (χ0v) is 9.17. The van der Waals surface area contributed by atoms with Crippen LogP contribution in [-0.2, 0) is 4.74 Å². The van der Waals surface area contributed by atoms with Gasteiger partial charge in [-0.3, -0.25) is 4.90 Å². The summed E-state index contributed by atoms with van der Waals surface area (Å²) in [6, 6.07) is 1.52. The monoisotopic (exact) mass is 198 g/mol. The molecule has 0 bridgehead atoms. The summed E-state index contributed by atoms with van der Waals surface area (Å²) in [5.74, 6) is 0. The molecule has 0 amide bonds. The molecule has 2 fully saturated rings. The Morgan fingerprint density at radius 1 is 1.29 bits per heavy atom. The Morgan fingerprint density at radius 2 is 2.07 bits per heavy atom. The Labute approximate surface area is 86.8 Å². The summed E-state index contributed by atoms with van der Waals surface area (Å²) in [6.45, 7) is 4.60. The van der Waals surface area contributed by atoms with E-state index in [0.29, 0.717) is 6.04 Å². The van der Waals surface area contributed by atoms with Crippen molar-refractivity contribution in [2.75, 3.05) is 33.4 Å². The molecule has 0 aromatic rings. The molecule has 3 heteroatoms. The minimum atomic E-state index is 0.697. The average Bonchev–Trinajstić information content (AvgIpc) is 2.68. The van der Waals surface area contributed by atoms with E-state index in [1.165, 1.54) is 45.3 Å². The van der Waals surface area contributed by atoms with Crippen LogP contribution in [0.3, 0.4) is 0 Å². The van der Waals surface area contributed by atoms with Crippen molar-refractivity contribution in [3.8, 4) is 0 Å². The van der Waals surface area contributed by atoms with Crippen molar-refractivity contribution in [2.24, 2.45) is 0 Å². The molecule has 0 saturated carbocycles. The first kappa shape index (κ1) is 10.4. The number of piperidine rings is 1. The van der Waals surface area contributed by atoms with Gasteiger partial charge in [-0.05, 0) is 45.3 Å². The van der Waals surface area contributed by atoms with Crippen molar-refractivity contribution < 1.29 is 4.74 Å². The Balaban J connectivity index is 1.87. The molecule has 2 rings (SSSR count). The molecule has 0 aliphatic carbocycles. The zero-order valence-electron chi connectivity index (χ0n) is 9.17. The fourth-order valence-corrected chi connectivity index (χ4v) is 2.85. The second-order valence-corrected chi connectivity index (χ2v) is 4.47. The van der Waals surface area contributed by atoms with Gasteiger partial charge in [-0.25, -0.2) is 0 Å². The van der Waals surface area contributed by atoms with Crippen molar-refractivity contribution in [2.45, 2.75) is 37.8 Å². The lowest BCUT2D eigenvalue weighted by atomic mass is 10.0. The van der Waals surface area contributed by atoms with Gasteiger partial charge in [-0.1, -0.05) is 0 Å². The molecular formula is C11H22N2O. The third-order valence-electron chi connectivity index (χ3n) is 3.56. The highest BCUT2D eigenvalue weighted by atomic mass is 16.5. The van der Waals surface area contributed by atoms with Gasteiger partial charge in [0, 0.05) is 19.2 Å². The van der Waals surface area contributed by atoms with Crippen LogP contribution in [0.1, 0.15) is 25.7 Å². The molecule has 82 valence electrons. The second kappa shape index (κ2) is 5.10. The third-order valence-corrected chi connectivity index (χ3v) is 3.56. The topological polar surface area (TPSA) is 24.5 Å². The van der Waals surface area contributed by atoms with E-state index in [1.54, 1.807) is 0 Å². The number of methoxy groups -OCH3 is 1. The predicted molar refractivity (Wildman–Crippen MR) is 57.5 cm³/mol. The fourth-order valence-electron chi connectivity index (χ4n) is 2.85. The van der Waals surface area contributed by atoms with Crippen LogP contribution in [0.2, 0.25) is 0 Å². The number of hydrogen-bond acceptors (Lipinski definition) is 3. The summed E-state index contributed by atoms with van der Waals surface area (Å²) in [7, 11) is 1.82. The average molecular weight is 198 g/mol. The van der Waals surface area contributed by atoms with Crippen LogP contribution in [0.5, 0.6) is 0 Å². The van der Waals surface area contributed by atoms with Gasteiger partial charge in [0.15, 0.2) is 0 Å². The molecule has 2 heterocycles. The summed E-state index contributed by atoms with van der Waals surface area (Å²) in [6.07, 6.45) is 5.33. The van der Waals surface area contributed by atoms with Gasteiger partial charge in [0.1, 0.15) is 0 Å². The van der Waals surface area contributed by atoms with E-state index in [0.717, 1.165) is 12.6 Å². The van der Waals surface area contributed by atoms with Crippen molar-refractivity contribution in [3.63, 3.8) is 0 Å². The van der Waals surface area contributed by atoms with Crippen LogP contribution in [0, 0.1) is 0 Å². The van der Waals surface area contributed by atoms with E-state index >= 15 is 0 Å².